The molecule has 0 bridgehead atoms. The minimum atomic E-state index is 1.03. The monoisotopic (exact) mass is 149 g/mol. The van der Waals surface area contributed by atoms with Gasteiger partial charge in [-0.3, -0.25) is 4.99 Å². The summed E-state index contributed by atoms with van der Waals surface area (Å²) >= 11 is 0. The lowest BCUT2D eigenvalue weighted by Gasteiger charge is -1.99. The van der Waals surface area contributed by atoms with Gasteiger partial charge in [0.15, 0.2) is 0 Å². The van der Waals surface area contributed by atoms with E-state index in [2.05, 4.69) is 30.1 Å². The van der Waals surface area contributed by atoms with E-state index in [0.717, 1.165) is 18.5 Å². The quantitative estimate of drug-likeness (QED) is 0.572. The Hall–Kier alpha value is -0.850. The van der Waals surface area contributed by atoms with E-state index in [4.69, 9.17) is 0 Å². The third kappa shape index (κ3) is 2.71. The zero-order chi connectivity index (χ0) is 8.10. The van der Waals surface area contributed by atoms with Gasteiger partial charge in [-0.2, -0.15) is 0 Å². The van der Waals surface area contributed by atoms with Gasteiger partial charge in [0.1, 0.15) is 0 Å². The fraction of sp³-hybridized carbons (Fsp3) is 0.500. The van der Waals surface area contributed by atoms with Gasteiger partial charge in [-0.15, -0.1) is 0 Å². The second kappa shape index (κ2) is 4.12. The SMILES string of the molecule is CCCC1=NC(C)=CC=CC1. The molecular formula is C10H15N. The molecule has 1 aliphatic rings. The van der Waals surface area contributed by atoms with Crippen molar-refractivity contribution in [3.8, 4) is 0 Å². The molecule has 0 unspecified atom stereocenters. The van der Waals surface area contributed by atoms with Crippen LogP contribution in [0.1, 0.15) is 33.1 Å². The summed E-state index contributed by atoms with van der Waals surface area (Å²) in [4.78, 5) is 4.48. The van der Waals surface area contributed by atoms with Gasteiger partial charge in [-0.05, 0) is 19.4 Å². The first kappa shape index (κ1) is 8.25. The molecule has 1 heterocycles. The molecule has 0 N–H and O–H groups in total. The Morgan fingerprint density at radius 2 is 2.36 bits per heavy atom. The average Bonchev–Trinajstić information content (AvgIpc) is 2.15. The van der Waals surface area contributed by atoms with Crippen LogP contribution in [-0.4, -0.2) is 5.71 Å². The van der Waals surface area contributed by atoms with Gasteiger partial charge in [0.05, 0.1) is 0 Å². The van der Waals surface area contributed by atoms with Crippen LogP contribution in [0.3, 0.4) is 0 Å². The lowest BCUT2D eigenvalue weighted by Crippen LogP contribution is -1.94. The Bertz CT molecular complexity index is 209. The van der Waals surface area contributed by atoms with Crippen LogP contribution in [0.5, 0.6) is 0 Å². The lowest BCUT2D eigenvalue weighted by atomic mass is 10.1. The third-order valence-corrected chi connectivity index (χ3v) is 1.70. The van der Waals surface area contributed by atoms with E-state index in [9.17, 15) is 0 Å². The Labute approximate surface area is 68.5 Å². The maximum absolute atomic E-state index is 4.48. The highest BCUT2D eigenvalue weighted by molar-refractivity contribution is 5.87. The topological polar surface area (TPSA) is 12.4 Å². The minimum absolute atomic E-state index is 1.03. The van der Waals surface area contributed by atoms with Gasteiger partial charge < -0.3 is 0 Å². The molecule has 0 radical (unpaired) electrons. The van der Waals surface area contributed by atoms with E-state index >= 15 is 0 Å². The Kier molecular flexibility index (Phi) is 3.09. The van der Waals surface area contributed by atoms with E-state index in [1.54, 1.807) is 0 Å². The molecule has 0 aromatic heterocycles. The van der Waals surface area contributed by atoms with Crippen LogP contribution in [0, 0.1) is 0 Å². The molecule has 0 atom stereocenters. The first-order valence-electron chi connectivity index (χ1n) is 4.23. The van der Waals surface area contributed by atoms with Crippen LogP contribution in [-0.2, 0) is 0 Å². The van der Waals surface area contributed by atoms with Crippen LogP contribution in [0.4, 0.5) is 0 Å². The number of rotatable bonds is 2. The summed E-state index contributed by atoms with van der Waals surface area (Å²) in [5, 5.41) is 0. The average molecular weight is 149 g/mol. The highest BCUT2D eigenvalue weighted by Gasteiger charge is 1.97. The van der Waals surface area contributed by atoms with Gasteiger partial charge in [0.25, 0.3) is 0 Å². The van der Waals surface area contributed by atoms with Crippen molar-refractivity contribution < 1.29 is 0 Å². The first-order valence-corrected chi connectivity index (χ1v) is 4.23. The second-order valence-electron chi connectivity index (χ2n) is 2.87. The van der Waals surface area contributed by atoms with Crippen molar-refractivity contribution in [2.24, 2.45) is 4.99 Å². The van der Waals surface area contributed by atoms with E-state index in [1.165, 1.54) is 12.1 Å². The van der Waals surface area contributed by atoms with E-state index in [-0.39, 0.29) is 0 Å². The molecule has 0 amide bonds. The van der Waals surface area contributed by atoms with Gasteiger partial charge in [0.2, 0.25) is 0 Å². The van der Waals surface area contributed by atoms with Crippen LogP contribution in [0.2, 0.25) is 0 Å². The molecule has 1 nitrogen and oxygen atoms in total. The normalized spacial score (nSPS) is 17.3. The fourth-order valence-electron chi connectivity index (χ4n) is 1.19. The number of allylic oxidation sites excluding steroid dienone is 4. The van der Waals surface area contributed by atoms with Gasteiger partial charge in [0, 0.05) is 17.8 Å². The molecule has 1 heteroatoms. The van der Waals surface area contributed by atoms with Crippen molar-refractivity contribution >= 4 is 5.71 Å². The van der Waals surface area contributed by atoms with Crippen LogP contribution in [0.25, 0.3) is 0 Å². The van der Waals surface area contributed by atoms with Crippen molar-refractivity contribution in [3.63, 3.8) is 0 Å². The Balaban J connectivity index is 2.65. The van der Waals surface area contributed by atoms with Crippen molar-refractivity contribution in [1.82, 2.24) is 0 Å². The summed E-state index contributed by atoms with van der Waals surface area (Å²) in [5.74, 6) is 0. The summed E-state index contributed by atoms with van der Waals surface area (Å²) in [6.45, 7) is 4.24. The van der Waals surface area contributed by atoms with Crippen LogP contribution in [0.15, 0.2) is 28.9 Å². The van der Waals surface area contributed by atoms with Crippen LogP contribution >= 0.6 is 0 Å². The molecule has 0 fully saturated rings. The largest absolute Gasteiger partial charge is 0.262 e. The molecule has 1 rings (SSSR count). The standard InChI is InChI=1S/C10H15N/c1-3-6-10-8-5-4-7-9(2)11-10/h4-5,7H,3,6,8H2,1-2H3. The van der Waals surface area contributed by atoms with E-state index < -0.39 is 0 Å². The number of nitrogens with zero attached hydrogens (tertiary/aromatic N) is 1. The van der Waals surface area contributed by atoms with Crippen LogP contribution < -0.4 is 0 Å². The molecule has 60 valence electrons. The summed E-state index contributed by atoms with van der Waals surface area (Å²) in [6, 6.07) is 0. The van der Waals surface area contributed by atoms with Gasteiger partial charge >= 0.3 is 0 Å². The molecular weight excluding hydrogens is 134 g/mol. The summed E-state index contributed by atoms with van der Waals surface area (Å²) in [5.41, 5.74) is 2.44. The molecule has 0 aliphatic carbocycles. The zero-order valence-corrected chi connectivity index (χ0v) is 7.30. The predicted octanol–water partition coefficient (Wildman–Crippen LogP) is 3.09. The van der Waals surface area contributed by atoms with Crippen molar-refractivity contribution in [1.29, 1.82) is 0 Å². The molecule has 0 saturated carbocycles. The van der Waals surface area contributed by atoms with E-state index in [1.807, 2.05) is 6.92 Å². The summed E-state index contributed by atoms with van der Waals surface area (Å²) < 4.78 is 0. The lowest BCUT2D eigenvalue weighted by molar-refractivity contribution is 0.974. The Morgan fingerprint density at radius 1 is 1.55 bits per heavy atom. The number of hydrogen-bond acceptors (Lipinski definition) is 1. The van der Waals surface area contributed by atoms with E-state index in [0.29, 0.717) is 0 Å². The fourth-order valence-corrected chi connectivity index (χ4v) is 1.19. The molecule has 0 spiro atoms. The van der Waals surface area contributed by atoms with Gasteiger partial charge in [-0.25, -0.2) is 0 Å². The maximum Gasteiger partial charge on any atom is 0.0372 e. The smallest absolute Gasteiger partial charge is 0.0372 e. The highest BCUT2D eigenvalue weighted by atomic mass is 14.7. The number of aliphatic imine (C=N–C) groups is 1. The molecule has 11 heavy (non-hydrogen) atoms. The highest BCUT2D eigenvalue weighted by Crippen LogP contribution is 2.07. The summed E-state index contributed by atoms with van der Waals surface area (Å²) in [6.07, 6.45) is 9.67. The molecule has 1 aliphatic heterocycles. The van der Waals surface area contributed by atoms with Crippen molar-refractivity contribution in [2.45, 2.75) is 33.1 Å². The maximum atomic E-state index is 4.48. The second-order valence-corrected chi connectivity index (χ2v) is 2.87. The van der Waals surface area contributed by atoms with Crippen molar-refractivity contribution in [2.75, 3.05) is 0 Å². The minimum Gasteiger partial charge on any atom is -0.262 e. The van der Waals surface area contributed by atoms with Gasteiger partial charge in [-0.1, -0.05) is 25.5 Å². The summed E-state index contributed by atoms with van der Waals surface area (Å²) in [7, 11) is 0. The predicted molar refractivity (Wildman–Crippen MR) is 49.9 cm³/mol. The third-order valence-electron chi connectivity index (χ3n) is 1.70. The number of hydrogen-bond donors (Lipinski definition) is 0. The molecule has 0 aromatic carbocycles. The molecule has 0 aromatic rings. The Morgan fingerprint density at radius 3 is 3.09 bits per heavy atom. The first-order chi connectivity index (χ1) is 5.33. The zero-order valence-electron chi connectivity index (χ0n) is 7.30. The van der Waals surface area contributed by atoms with Crippen molar-refractivity contribution in [3.05, 3.63) is 23.9 Å². The molecule has 0 saturated heterocycles.